The first-order valence-corrected chi connectivity index (χ1v) is 4.94. The van der Waals surface area contributed by atoms with E-state index in [4.69, 9.17) is 11.6 Å². The van der Waals surface area contributed by atoms with Gasteiger partial charge in [0.05, 0.1) is 5.02 Å². The van der Waals surface area contributed by atoms with Crippen LogP contribution in [0.15, 0.2) is 22.7 Å². The quantitative estimate of drug-likeness (QED) is 0.846. The first-order chi connectivity index (χ1) is 5.65. The van der Waals surface area contributed by atoms with Crippen LogP contribution in [-0.4, -0.2) is 7.05 Å². The van der Waals surface area contributed by atoms with E-state index in [-0.39, 0.29) is 0 Å². The predicted octanol–water partition coefficient (Wildman–Crippen LogP) is 3.38. The highest BCUT2D eigenvalue weighted by Crippen LogP contribution is 2.25. The van der Waals surface area contributed by atoms with E-state index in [0.717, 1.165) is 9.50 Å². The van der Waals surface area contributed by atoms with Crippen LogP contribution in [0.25, 0.3) is 0 Å². The number of rotatable bonds is 2. The second-order valence-corrected chi connectivity index (χ2v) is 3.95. The number of hydrogen-bond acceptors (Lipinski definition) is 1. The maximum atomic E-state index is 5.86. The second-order valence-electron chi connectivity index (χ2n) is 2.68. The number of nitrogens with one attached hydrogen (secondary N) is 1. The molecule has 0 saturated heterocycles. The zero-order chi connectivity index (χ0) is 9.14. The molecule has 0 aromatic heterocycles. The summed E-state index contributed by atoms with van der Waals surface area (Å²) in [7, 11) is 1.94. The Balaban J connectivity index is 2.96. The smallest absolute Gasteiger partial charge is 0.0548 e. The second kappa shape index (κ2) is 4.26. The lowest BCUT2D eigenvalue weighted by atomic mass is 10.1. The van der Waals surface area contributed by atoms with Gasteiger partial charge in [-0.15, -0.1) is 0 Å². The van der Waals surface area contributed by atoms with Gasteiger partial charge in [0.2, 0.25) is 0 Å². The summed E-state index contributed by atoms with van der Waals surface area (Å²) in [6.45, 7) is 2.11. The molecule has 0 fully saturated rings. The number of halogens is 2. The van der Waals surface area contributed by atoms with E-state index in [1.807, 2.05) is 25.2 Å². The number of benzene rings is 1. The van der Waals surface area contributed by atoms with Crippen LogP contribution in [0.2, 0.25) is 5.02 Å². The van der Waals surface area contributed by atoms with Crippen molar-refractivity contribution in [3.8, 4) is 0 Å². The van der Waals surface area contributed by atoms with Crippen molar-refractivity contribution in [2.75, 3.05) is 7.05 Å². The fraction of sp³-hybridized carbons (Fsp3) is 0.333. The van der Waals surface area contributed by atoms with Gasteiger partial charge in [0.15, 0.2) is 0 Å². The van der Waals surface area contributed by atoms with Crippen LogP contribution >= 0.6 is 27.5 Å². The summed E-state index contributed by atoms with van der Waals surface area (Å²) in [5.41, 5.74) is 1.23. The van der Waals surface area contributed by atoms with Gasteiger partial charge in [0, 0.05) is 10.5 Å². The summed E-state index contributed by atoms with van der Waals surface area (Å²) in [6, 6.07) is 6.31. The monoisotopic (exact) mass is 247 g/mol. The Bertz CT molecular complexity index is 275. The molecule has 1 aromatic carbocycles. The molecule has 1 N–H and O–H groups in total. The van der Waals surface area contributed by atoms with Crippen LogP contribution < -0.4 is 5.32 Å². The fourth-order valence-corrected chi connectivity index (χ4v) is 1.46. The Morgan fingerprint density at radius 1 is 1.50 bits per heavy atom. The minimum atomic E-state index is 0.360. The summed E-state index contributed by atoms with van der Waals surface area (Å²) < 4.78 is 0.948. The van der Waals surface area contributed by atoms with Crippen molar-refractivity contribution in [1.29, 1.82) is 0 Å². The van der Waals surface area contributed by atoms with Gasteiger partial charge in [-0.25, -0.2) is 0 Å². The van der Waals surface area contributed by atoms with E-state index in [1.54, 1.807) is 0 Å². The highest BCUT2D eigenvalue weighted by molar-refractivity contribution is 9.10. The predicted molar refractivity (Wildman–Crippen MR) is 56.6 cm³/mol. The lowest BCUT2D eigenvalue weighted by Crippen LogP contribution is -2.11. The van der Waals surface area contributed by atoms with Gasteiger partial charge < -0.3 is 5.32 Å². The van der Waals surface area contributed by atoms with Crippen LogP contribution in [0.1, 0.15) is 18.5 Å². The first-order valence-electron chi connectivity index (χ1n) is 3.77. The van der Waals surface area contributed by atoms with E-state index in [2.05, 4.69) is 28.2 Å². The minimum Gasteiger partial charge on any atom is -0.313 e. The SMILES string of the molecule is CN[C@H](C)c1ccc(Cl)c(Br)c1. The van der Waals surface area contributed by atoms with Crippen molar-refractivity contribution in [1.82, 2.24) is 5.32 Å². The van der Waals surface area contributed by atoms with E-state index >= 15 is 0 Å². The van der Waals surface area contributed by atoms with Gasteiger partial charge in [-0.2, -0.15) is 0 Å². The standard InChI is InChI=1S/C9H11BrClN/c1-6(12-2)7-3-4-9(11)8(10)5-7/h3-6,12H,1-2H3/t6-/m1/s1. The van der Waals surface area contributed by atoms with Gasteiger partial charge in [-0.05, 0) is 47.6 Å². The lowest BCUT2D eigenvalue weighted by molar-refractivity contribution is 0.652. The molecule has 0 aliphatic carbocycles. The third-order valence-electron chi connectivity index (χ3n) is 1.88. The molecule has 3 heteroatoms. The van der Waals surface area contributed by atoms with Gasteiger partial charge in [0.1, 0.15) is 0 Å². The normalized spacial score (nSPS) is 13.0. The third-order valence-corrected chi connectivity index (χ3v) is 3.09. The molecule has 0 amide bonds. The van der Waals surface area contributed by atoms with Crippen LogP contribution in [0.5, 0.6) is 0 Å². The summed E-state index contributed by atoms with van der Waals surface area (Å²) >= 11 is 9.25. The van der Waals surface area contributed by atoms with Gasteiger partial charge >= 0.3 is 0 Å². The average Bonchev–Trinajstić information content (AvgIpc) is 2.08. The van der Waals surface area contributed by atoms with Crippen molar-refractivity contribution in [3.63, 3.8) is 0 Å². The zero-order valence-corrected chi connectivity index (χ0v) is 9.41. The van der Waals surface area contributed by atoms with Crippen molar-refractivity contribution >= 4 is 27.5 Å². The average molecular weight is 249 g/mol. The largest absolute Gasteiger partial charge is 0.313 e. The van der Waals surface area contributed by atoms with Gasteiger partial charge in [0.25, 0.3) is 0 Å². The molecule has 0 spiro atoms. The highest BCUT2D eigenvalue weighted by Gasteiger charge is 2.04. The van der Waals surface area contributed by atoms with E-state index < -0.39 is 0 Å². The number of hydrogen-bond donors (Lipinski definition) is 1. The fourth-order valence-electron chi connectivity index (χ4n) is 0.948. The van der Waals surface area contributed by atoms with Crippen molar-refractivity contribution in [2.45, 2.75) is 13.0 Å². The molecule has 0 radical (unpaired) electrons. The van der Waals surface area contributed by atoms with Gasteiger partial charge in [-0.1, -0.05) is 17.7 Å². The summed E-state index contributed by atoms with van der Waals surface area (Å²) in [6.07, 6.45) is 0. The third kappa shape index (κ3) is 2.22. The molecule has 12 heavy (non-hydrogen) atoms. The minimum absolute atomic E-state index is 0.360. The molecular formula is C9H11BrClN. The van der Waals surface area contributed by atoms with Gasteiger partial charge in [-0.3, -0.25) is 0 Å². The van der Waals surface area contributed by atoms with E-state index in [9.17, 15) is 0 Å². The molecule has 0 saturated carbocycles. The van der Waals surface area contributed by atoms with Crippen molar-refractivity contribution < 1.29 is 0 Å². The Morgan fingerprint density at radius 2 is 2.17 bits per heavy atom. The molecule has 1 aromatic rings. The molecule has 0 aliphatic rings. The Morgan fingerprint density at radius 3 is 2.67 bits per heavy atom. The van der Waals surface area contributed by atoms with E-state index in [1.165, 1.54) is 5.56 Å². The molecule has 1 nitrogen and oxygen atoms in total. The Kier molecular flexibility index (Phi) is 3.56. The van der Waals surface area contributed by atoms with Crippen LogP contribution in [0.4, 0.5) is 0 Å². The zero-order valence-electron chi connectivity index (χ0n) is 7.07. The van der Waals surface area contributed by atoms with E-state index in [0.29, 0.717) is 6.04 Å². The van der Waals surface area contributed by atoms with Crippen LogP contribution in [0.3, 0.4) is 0 Å². The van der Waals surface area contributed by atoms with Crippen LogP contribution in [0, 0.1) is 0 Å². The summed E-state index contributed by atoms with van der Waals surface area (Å²) in [5, 5.41) is 3.92. The maximum Gasteiger partial charge on any atom is 0.0548 e. The lowest BCUT2D eigenvalue weighted by Gasteiger charge is -2.10. The molecule has 0 aliphatic heterocycles. The molecule has 0 heterocycles. The molecular weight excluding hydrogens is 237 g/mol. The van der Waals surface area contributed by atoms with Crippen molar-refractivity contribution in [2.24, 2.45) is 0 Å². The first kappa shape index (κ1) is 10.0. The molecule has 0 unspecified atom stereocenters. The summed E-state index contributed by atoms with van der Waals surface area (Å²) in [5.74, 6) is 0. The Hall–Kier alpha value is -0.0500. The molecule has 1 atom stereocenters. The molecule has 0 bridgehead atoms. The highest BCUT2D eigenvalue weighted by atomic mass is 79.9. The Labute approximate surface area is 86.2 Å². The summed E-state index contributed by atoms with van der Waals surface area (Å²) in [4.78, 5) is 0. The molecule has 1 rings (SSSR count). The molecule has 66 valence electrons. The topological polar surface area (TPSA) is 12.0 Å². The maximum absolute atomic E-state index is 5.86. The van der Waals surface area contributed by atoms with Crippen molar-refractivity contribution in [3.05, 3.63) is 33.3 Å². The van der Waals surface area contributed by atoms with Crippen LogP contribution in [-0.2, 0) is 0 Å².